The molecule has 0 bridgehead atoms. The molecule has 0 aromatic carbocycles. The lowest BCUT2D eigenvalue weighted by Gasteiger charge is -2.17. The number of hydrogen-bond donors (Lipinski definition) is 2. The van der Waals surface area contributed by atoms with Crippen LogP contribution < -0.4 is 11.3 Å². The molecule has 0 aliphatic heterocycles. The minimum absolute atomic E-state index is 0.0327. The maximum Gasteiger partial charge on any atom is 0.344 e. The summed E-state index contributed by atoms with van der Waals surface area (Å²) in [6, 6.07) is 0. The number of anilines is 1. The summed E-state index contributed by atoms with van der Waals surface area (Å²) < 4.78 is 0. The maximum atomic E-state index is 11.0. The van der Waals surface area contributed by atoms with Crippen molar-refractivity contribution in [3.63, 3.8) is 0 Å². The molecule has 106 valence electrons. The number of thioether (sulfide) groups is 1. The lowest BCUT2D eigenvalue weighted by atomic mass is 10.5. The molecule has 3 N–H and O–H groups in total. The van der Waals surface area contributed by atoms with Gasteiger partial charge in [-0.3, -0.25) is 10.1 Å². The van der Waals surface area contributed by atoms with Crippen molar-refractivity contribution >= 4 is 23.3 Å². The van der Waals surface area contributed by atoms with Gasteiger partial charge in [0.1, 0.15) is 6.33 Å². The normalized spacial score (nSPS) is 10.7. The highest BCUT2D eigenvalue weighted by Crippen LogP contribution is 2.31. The predicted molar refractivity (Wildman–Crippen MR) is 75.0 cm³/mol. The SMILES string of the molecule is CCN(CC)CCSc1ncnc(NN)c1[N+](=O)[O-]. The van der Waals surface area contributed by atoms with Crippen molar-refractivity contribution in [2.24, 2.45) is 5.84 Å². The first-order valence-corrected chi connectivity index (χ1v) is 6.93. The van der Waals surface area contributed by atoms with Crippen molar-refractivity contribution in [1.29, 1.82) is 0 Å². The van der Waals surface area contributed by atoms with Crippen molar-refractivity contribution in [1.82, 2.24) is 14.9 Å². The Labute approximate surface area is 115 Å². The average molecular weight is 286 g/mol. The van der Waals surface area contributed by atoms with E-state index in [-0.39, 0.29) is 11.5 Å². The summed E-state index contributed by atoms with van der Waals surface area (Å²) in [4.78, 5) is 20.4. The molecule has 0 fully saturated rings. The summed E-state index contributed by atoms with van der Waals surface area (Å²) in [6.45, 7) is 6.93. The molecule has 19 heavy (non-hydrogen) atoms. The van der Waals surface area contributed by atoms with Crippen molar-refractivity contribution in [2.75, 3.05) is 30.8 Å². The van der Waals surface area contributed by atoms with Gasteiger partial charge in [-0.05, 0) is 13.1 Å². The van der Waals surface area contributed by atoms with Crippen LogP contribution in [0.25, 0.3) is 0 Å². The van der Waals surface area contributed by atoms with E-state index in [4.69, 9.17) is 5.84 Å². The van der Waals surface area contributed by atoms with Gasteiger partial charge >= 0.3 is 5.69 Å². The summed E-state index contributed by atoms with van der Waals surface area (Å²) in [5, 5.41) is 11.4. The van der Waals surface area contributed by atoms with Crippen molar-refractivity contribution < 1.29 is 4.92 Å². The molecule has 1 heterocycles. The number of hydrogen-bond acceptors (Lipinski definition) is 8. The van der Waals surface area contributed by atoms with Gasteiger partial charge in [-0.1, -0.05) is 25.6 Å². The summed E-state index contributed by atoms with van der Waals surface area (Å²) >= 11 is 1.33. The molecule has 0 saturated carbocycles. The molecule has 0 amide bonds. The quantitative estimate of drug-likeness (QED) is 0.240. The Bertz CT molecular complexity index is 426. The molecule has 0 atom stereocenters. The third kappa shape index (κ3) is 4.30. The molecule has 0 spiro atoms. The number of hydrazine groups is 1. The highest BCUT2D eigenvalue weighted by molar-refractivity contribution is 7.99. The van der Waals surface area contributed by atoms with Crippen LogP contribution in [-0.2, 0) is 0 Å². The van der Waals surface area contributed by atoms with Gasteiger partial charge in [-0.25, -0.2) is 15.8 Å². The number of nitrogens with two attached hydrogens (primary N) is 1. The molecule has 9 heteroatoms. The Morgan fingerprint density at radius 3 is 2.68 bits per heavy atom. The highest BCUT2D eigenvalue weighted by Gasteiger charge is 2.22. The van der Waals surface area contributed by atoms with Crippen LogP contribution in [0.4, 0.5) is 11.5 Å². The zero-order valence-electron chi connectivity index (χ0n) is 11.0. The second kappa shape index (κ2) is 7.87. The molecule has 1 rings (SSSR count). The molecule has 0 aliphatic carbocycles. The largest absolute Gasteiger partial charge is 0.344 e. The van der Waals surface area contributed by atoms with E-state index in [1.54, 1.807) is 0 Å². The second-order valence-electron chi connectivity index (χ2n) is 3.65. The third-order valence-corrected chi connectivity index (χ3v) is 3.61. The van der Waals surface area contributed by atoms with Gasteiger partial charge in [-0.15, -0.1) is 0 Å². The smallest absolute Gasteiger partial charge is 0.303 e. The van der Waals surface area contributed by atoms with Crippen LogP contribution in [0.2, 0.25) is 0 Å². The van der Waals surface area contributed by atoms with Crippen LogP contribution in [0, 0.1) is 10.1 Å². The van der Waals surface area contributed by atoms with Gasteiger partial charge < -0.3 is 10.3 Å². The first-order chi connectivity index (χ1) is 9.13. The summed E-state index contributed by atoms with van der Waals surface area (Å²) in [5.41, 5.74) is 2.05. The molecular weight excluding hydrogens is 268 g/mol. The van der Waals surface area contributed by atoms with Gasteiger partial charge in [0.25, 0.3) is 0 Å². The number of nitrogens with zero attached hydrogens (tertiary/aromatic N) is 4. The summed E-state index contributed by atoms with van der Waals surface area (Å²) in [7, 11) is 0. The lowest BCUT2D eigenvalue weighted by molar-refractivity contribution is -0.387. The fraction of sp³-hybridized carbons (Fsp3) is 0.600. The van der Waals surface area contributed by atoms with Gasteiger partial charge in [0, 0.05) is 12.3 Å². The molecule has 0 unspecified atom stereocenters. The minimum Gasteiger partial charge on any atom is -0.303 e. The van der Waals surface area contributed by atoms with E-state index >= 15 is 0 Å². The van der Waals surface area contributed by atoms with Crippen LogP contribution in [0.5, 0.6) is 0 Å². The second-order valence-corrected chi connectivity index (χ2v) is 4.74. The molecule has 0 aliphatic rings. The summed E-state index contributed by atoms with van der Waals surface area (Å²) in [5.74, 6) is 5.97. The fourth-order valence-electron chi connectivity index (χ4n) is 1.55. The van der Waals surface area contributed by atoms with E-state index in [0.717, 1.165) is 25.4 Å². The molecule has 0 saturated heterocycles. The van der Waals surface area contributed by atoms with E-state index in [9.17, 15) is 10.1 Å². The van der Waals surface area contributed by atoms with E-state index in [0.29, 0.717) is 5.03 Å². The molecule has 1 aromatic rings. The van der Waals surface area contributed by atoms with Crippen LogP contribution in [0.15, 0.2) is 11.4 Å². The Morgan fingerprint density at radius 1 is 1.47 bits per heavy atom. The van der Waals surface area contributed by atoms with Gasteiger partial charge in [0.15, 0.2) is 5.03 Å². The number of rotatable bonds is 8. The van der Waals surface area contributed by atoms with Crippen molar-refractivity contribution in [3.05, 3.63) is 16.4 Å². The van der Waals surface area contributed by atoms with Gasteiger partial charge in [0.2, 0.25) is 5.82 Å². The van der Waals surface area contributed by atoms with E-state index in [1.807, 2.05) is 0 Å². The topological polar surface area (TPSA) is 110 Å². The maximum absolute atomic E-state index is 11.0. The molecular formula is C10H18N6O2S. The van der Waals surface area contributed by atoms with Gasteiger partial charge in [0.05, 0.1) is 4.92 Å². The lowest BCUT2D eigenvalue weighted by Crippen LogP contribution is -2.25. The summed E-state index contributed by atoms with van der Waals surface area (Å²) in [6.07, 6.45) is 1.27. The molecule has 1 aromatic heterocycles. The van der Waals surface area contributed by atoms with Crippen LogP contribution in [-0.4, -0.2) is 45.2 Å². The number of nitro groups is 1. The van der Waals surface area contributed by atoms with Crippen LogP contribution >= 0.6 is 11.8 Å². The Hall–Kier alpha value is -1.45. The minimum atomic E-state index is -0.519. The Balaban J connectivity index is 2.75. The standard InChI is InChI=1S/C10H18N6O2S/c1-3-15(4-2)5-6-19-10-8(16(17)18)9(14-11)12-7-13-10/h7H,3-6,11H2,1-2H3,(H,12,13,14). The zero-order chi connectivity index (χ0) is 14.3. The average Bonchev–Trinajstić information content (AvgIpc) is 2.42. The number of aromatic nitrogens is 2. The first kappa shape index (κ1) is 15.6. The highest BCUT2D eigenvalue weighted by atomic mass is 32.2. The van der Waals surface area contributed by atoms with Crippen LogP contribution in [0.1, 0.15) is 13.8 Å². The third-order valence-electron chi connectivity index (χ3n) is 2.65. The Kier molecular flexibility index (Phi) is 6.46. The molecule has 8 nitrogen and oxygen atoms in total. The van der Waals surface area contributed by atoms with E-state index in [2.05, 4.69) is 34.1 Å². The Morgan fingerprint density at radius 2 is 2.16 bits per heavy atom. The predicted octanol–water partition coefficient (Wildman–Crippen LogP) is 1.10. The fourth-order valence-corrected chi connectivity index (χ4v) is 2.52. The van der Waals surface area contributed by atoms with Crippen LogP contribution in [0.3, 0.4) is 0 Å². The van der Waals surface area contributed by atoms with Gasteiger partial charge in [-0.2, -0.15) is 0 Å². The number of nitrogens with one attached hydrogen (secondary N) is 1. The van der Waals surface area contributed by atoms with Crippen molar-refractivity contribution in [2.45, 2.75) is 18.9 Å². The van der Waals surface area contributed by atoms with E-state index < -0.39 is 4.92 Å². The zero-order valence-corrected chi connectivity index (χ0v) is 11.8. The monoisotopic (exact) mass is 286 g/mol. The number of nitrogen functional groups attached to an aromatic ring is 1. The van der Waals surface area contributed by atoms with Crippen molar-refractivity contribution in [3.8, 4) is 0 Å². The molecule has 0 radical (unpaired) electrons. The van der Waals surface area contributed by atoms with E-state index in [1.165, 1.54) is 18.1 Å². The first-order valence-electron chi connectivity index (χ1n) is 5.95.